The van der Waals surface area contributed by atoms with E-state index in [-0.39, 0.29) is 22.3 Å². The summed E-state index contributed by atoms with van der Waals surface area (Å²) in [6.45, 7) is 2.38. The van der Waals surface area contributed by atoms with Crippen molar-refractivity contribution in [1.82, 2.24) is 4.90 Å². The minimum absolute atomic E-state index is 0.0413. The quantitative estimate of drug-likeness (QED) is 0.414. The number of fused-ring (bicyclic) bond motifs is 1. The van der Waals surface area contributed by atoms with Gasteiger partial charge in [0, 0.05) is 10.0 Å². The second-order valence-corrected chi connectivity index (χ2v) is 13.1. The number of nitrogens with zero attached hydrogens (tertiary/aromatic N) is 2. The van der Waals surface area contributed by atoms with Gasteiger partial charge in [-0.05, 0) is 37.1 Å². The number of benzene rings is 2. The van der Waals surface area contributed by atoms with E-state index in [2.05, 4.69) is 15.9 Å². The number of halogens is 1. The number of sulfone groups is 1. The summed E-state index contributed by atoms with van der Waals surface area (Å²) in [7, 11) is -3.19. The van der Waals surface area contributed by atoms with Gasteiger partial charge in [0.25, 0.3) is 11.8 Å². The molecule has 1 atom stereocenters. The Labute approximate surface area is 210 Å². The van der Waals surface area contributed by atoms with Gasteiger partial charge in [-0.1, -0.05) is 69.7 Å². The first-order valence-electron chi connectivity index (χ1n) is 10.3. The van der Waals surface area contributed by atoms with Crippen molar-refractivity contribution in [3.63, 3.8) is 0 Å². The SMILES string of the molecule is Cc1ccc(CN2C(=O)C(=C3SC(=S)N(C4CCS(=O)(=O)C4)C3=O)c3cc(Br)ccc32)cc1. The van der Waals surface area contributed by atoms with Crippen LogP contribution in [0, 0.1) is 6.92 Å². The number of hydrogen-bond acceptors (Lipinski definition) is 6. The fourth-order valence-corrected chi connectivity index (χ4v) is 7.91. The standard InChI is InChI=1S/C23H19BrN2O4S3/c1-13-2-4-14(5-3-13)11-25-18-7-6-15(24)10-17(18)19(21(25)27)20-22(28)26(23(31)32-20)16-8-9-33(29,30)12-16/h2-7,10,16H,8-9,11-12H2,1H3. The van der Waals surface area contributed by atoms with Gasteiger partial charge < -0.3 is 4.90 Å². The third-order valence-corrected chi connectivity index (χ3v) is 9.68. The average molecular weight is 564 g/mol. The number of aryl methyl sites for hydroxylation is 1. The Hall–Kier alpha value is -2.01. The Morgan fingerprint density at radius 3 is 2.52 bits per heavy atom. The number of carbonyl (C=O) groups excluding carboxylic acids is 2. The number of rotatable bonds is 3. The number of hydrogen-bond donors (Lipinski definition) is 0. The molecule has 10 heteroatoms. The van der Waals surface area contributed by atoms with E-state index in [1.807, 2.05) is 49.4 Å². The second kappa shape index (κ2) is 8.33. The zero-order valence-electron chi connectivity index (χ0n) is 17.6. The van der Waals surface area contributed by atoms with E-state index in [1.54, 1.807) is 4.90 Å². The predicted molar refractivity (Wildman–Crippen MR) is 138 cm³/mol. The number of carbonyl (C=O) groups is 2. The summed E-state index contributed by atoms with van der Waals surface area (Å²) >= 11 is 10.0. The van der Waals surface area contributed by atoms with Gasteiger partial charge in [-0.3, -0.25) is 14.5 Å². The number of amides is 2. The van der Waals surface area contributed by atoms with Crippen LogP contribution in [-0.2, 0) is 26.0 Å². The van der Waals surface area contributed by atoms with Gasteiger partial charge in [0.1, 0.15) is 4.32 Å². The summed E-state index contributed by atoms with van der Waals surface area (Å²) in [5.41, 5.74) is 3.83. The summed E-state index contributed by atoms with van der Waals surface area (Å²) in [4.78, 5) is 30.4. The topological polar surface area (TPSA) is 74.8 Å². The molecule has 3 aliphatic rings. The van der Waals surface area contributed by atoms with Gasteiger partial charge in [0.15, 0.2) is 9.84 Å². The molecule has 2 amide bonds. The third kappa shape index (κ3) is 4.07. The highest BCUT2D eigenvalue weighted by atomic mass is 79.9. The molecule has 0 saturated carbocycles. The number of thiocarbonyl (C=S) groups is 1. The summed E-state index contributed by atoms with van der Waals surface area (Å²) in [5.74, 6) is -0.709. The van der Waals surface area contributed by atoms with Crippen LogP contribution in [0.1, 0.15) is 23.1 Å². The Morgan fingerprint density at radius 1 is 1.12 bits per heavy atom. The lowest BCUT2D eigenvalue weighted by molar-refractivity contribution is -0.123. The fourth-order valence-electron chi connectivity index (χ4n) is 4.38. The summed E-state index contributed by atoms with van der Waals surface area (Å²) < 4.78 is 25.0. The van der Waals surface area contributed by atoms with Crippen molar-refractivity contribution in [2.75, 3.05) is 16.4 Å². The van der Waals surface area contributed by atoms with Crippen molar-refractivity contribution >= 4 is 77.1 Å². The Kier molecular flexibility index (Phi) is 5.75. The Bertz CT molecular complexity index is 1350. The lowest BCUT2D eigenvalue weighted by Gasteiger charge is -2.21. The van der Waals surface area contributed by atoms with Crippen LogP contribution in [-0.4, -0.2) is 47.0 Å². The van der Waals surface area contributed by atoms with E-state index < -0.39 is 21.8 Å². The predicted octanol–water partition coefficient (Wildman–Crippen LogP) is 4.06. The van der Waals surface area contributed by atoms with E-state index in [0.29, 0.717) is 28.4 Å². The van der Waals surface area contributed by atoms with Crippen molar-refractivity contribution in [1.29, 1.82) is 0 Å². The molecule has 5 rings (SSSR count). The van der Waals surface area contributed by atoms with Crippen LogP contribution < -0.4 is 4.90 Å². The normalized spacial score (nSPS) is 24.2. The highest BCUT2D eigenvalue weighted by Gasteiger charge is 2.46. The Balaban J connectivity index is 1.56. The molecule has 33 heavy (non-hydrogen) atoms. The second-order valence-electron chi connectivity index (χ2n) is 8.34. The van der Waals surface area contributed by atoms with Gasteiger partial charge in [0.05, 0.1) is 40.3 Å². The maximum absolute atomic E-state index is 13.6. The molecule has 0 aliphatic carbocycles. The van der Waals surface area contributed by atoms with Crippen LogP contribution in [0.4, 0.5) is 5.69 Å². The molecule has 0 spiro atoms. The fraction of sp³-hybridized carbons (Fsp3) is 0.261. The molecule has 0 radical (unpaired) electrons. The lowest BCUT2D eigenvalue weighted by atomic mass is 10.1. The number of anilines is 1. The molecule has 2 saturated heterocycles. The molecule has 1 unspecified atom stereocenters. The van der Waals surface area contributed by atoms with Gasteiger partial charge in [-0.25, -0.2) is 8.42 Å². The molecule has 2 fully saturated rings. The summed E-state index contributed by atoms with van der Waals surface area (Å²) in [6.07, 6.45) is 0.354. The van der Waals surface area contributed by atoms with Crippen molar-refractivity contribution in [3.05, 3.63) is 68.5 Å². The van der Waals surface area contributed by atoms with E-state index in [9.17, 15) is 18.0 Å². The molecule has 0 bridgehead atoms. The first-order chi connectivity index (χ1) is 15.6. The summed E-state index contributed by atoms with van der Waals surface area (Å²) in [5, 5.41) is 0. The smallest absolute Gasteiger partial charge is 0.267 e. The van der Waals surface area contributed by atoms with Crippen molar-refractivity contribution in [2.24, 2.45) is 0 Å². The maximum Gasteiger partial charge on any atom is 0.267 e. The highest BCUT2D eigenvalue weighted by molar-refractivity contribution is 9.10. The molecule has 170 valence electrons. The molecular weight excluding hydrogens is 544 g/mol. The molecule has 0 aromatic heterocycles. The minimum Gasteiger partial charge on any atom is -0.303 e. The Morgan fingerprint density at radius 2 is 1.85 bits per heavy atom. The van der Waals surface area contributed by atoms with E-state index in [1.165, 1.54) is 4.90 Å². The van der Waals surface area contributed by atoms with Crippen LogP contribution in [0.5, 0.6) is 0 Å². The van der Waals surface area contributed by atoms with Gasteiger partial charge in [-0.2, -0.15) is 0 Å². The van der Waals surface area contributed by atoms with Crippen molar-refractivity contribution in [2.45, 2.75) is 25.9 Å². The zero-order chi connectivity index (χ0) is 23.5. The largest absolute Gasteiger partial charge is 0.303 e. The molecule has 0 N–H and O–H groups in total. The molecule has 3 aliphatic heterocycles. The van der Waals surface area contributed by atoms with Crippen molar-refractivity contribution in [3.8, 4) is 0 Å². The average Bonchev–Trinajstić information content (AvgIpc) is 3.34. The van der Waals surface area contributed by atoms with Gasteiger partial charge in [0.2, 0.25) is 0 Å². The maximum atomic E-state index is 13.6. The highest BCUT2D eigenvalue weighted by Crippen LogP contribution is 2.46. The van der Waals surface area contributed by atoms with Gasteiger partial charge >= 0.3 is 0 Å². The zero-order valence-corrected chi connectivity index (χ0v) is 21.6. The van der Waals surface area contributed by atoms with E-state index >= 15 is 0 Å². The third-order valence-electron chi connectivity index (χ3n) is 6.04. The van der Waals surface area contributed by atoms with Crippen LogP contribution in [0.25, 0.3) is 5.57 Å². The van der Waals surface area contributed by atoms with Crippen LogP contribution in [0.2, 0.25) is 0 Å². The lowest BCUT2D eigenvalue weighted by Crippen LogP contribution is -2.39. The summed E-state index contributed by atoms with van der Waals surface area (Å²) in [6, 6.07) is 13.1. The molecule has 3 heterocycles. The first-order valence-corrected chi connectivity index (χ1v) is 14.2. The molecule has 6 nitrogen and oxygen atoms in total. The minimum atomic E-state index is -3.19. The molecular formula is C23H19BrN2O4S3. The number of thioether (sulfide) groups is 1. The van der Waals surface area contributed by atoms with Crippen LogP contribution in [0.15, 0.2) is 51.8 Å². The monoisotopic (exact) mass is 562 g/mol. The first kappa shape index (κ1) is 22.8. The molecule has 2 aromatic carbocycles. The molecule has 2 aromatic rings. The van der Waals surface area contributed by atoms with E-state index in [0.717, 1.165) is 33.0 Å². The van der Waals surface area contributed by atoms with Crippen molar-refractivity contribution < 1.29 is 18.0 Å². The van der Waals surface area contributed by atoms with E-state index in [4.69, 9.17) is 12.2 Å². The van der Waals surface area contributed by atoms with Crippen LogP contribution >= 0.6 is 39.9 Å². The van der Waals surface area contributed by atoms with Crippen LogP contribution in [0.3, 0.4) is 0 Å². The van der Waals surface area contributed by atoms with Gasteiger partial charge in [-0.15, -0.1) is 0 Å².